The van der Waals surface area contributed by atoms with Gasteiger partial charge in [-0.2, -0.15) is 0 Å². The summed E-state index contributed by atoms with van der Waals surface area (Å²) in [4.78, 5) is 24.0. The van der Waals surface area contributed by atoms with Crippen molar-refractivity contribution in [3.8, 4) is 11.5 Å². The topological polar surface area (TPSA) is 74.6 Å². The van der Waals surface area contributed by atoms with Gasteiger partial charge in [-0.05, 0) is 30.2 Å². The van der Waals surface area contributed by atoms with Gasteiger partial charge in [0.25, 0.3) is 0 Å². The summed E-state index contributed by atoms with van der Waals surface area (Å²) in [5.41, 5.74) is 1.15. The van der Waals surface area contributed by atoms with Crippen LogP contribution in [-0.4, -0.2) is 21.8 Å². The van der Waals surface area contributed by atoms with Crippen LogP contribution in [0.15, 0.2) is 42.5 Å². The summed E-state index contributed by atoms with van der Waals surface area (Å²) in [6.07, 6.45) is -0.0339. The number of rotatable bonds is 4. The molecule has 0 atom stereocenters. The van der Waals surface area contributed by atoms with Gasteiger partial charge < -0.3 is 10.2 Å². The van der Waals surface area contributed by atoms with E-state index >= 15 is 0 Å². The molecule has 0 aliphatic heterocycles. The molecule has 2 rings (SSSR count). The average Bonchev–Trinajstić information content (AvgIpc) is 2.43. The highest BCUT2D eigenvalue weighted by Gasteiger charge is 2.22. The zero-order chi connectivity index (χ0) is 14.7. The third-order valence-corrected chi connectivity index (χ3v) is 2.94. The molecule has 2 aromatic rings. The van der Waals surface area contributed by atoms with Gasteiger partial charge in [0.15, 0.2) is 11.5 Å². The standard InChI is InChI=1S/C16H14O4/c1-10-7-12(15(19)13(17)8-10)16(20)14(18)9-11-5-3-2-4-6-11/h2-8,17,19H,9H2,1H3. The van der Waals surface area contributed by atoms with Crippen molar-refractivity contribution in [2.75, 3.05) is 0 Å². The minimum Gasteiger partial charge on any atom is -0.504 e. The Labute approximate surface area is 116 Å². The summed E-state index contributed by atoms with van der Waals surface area (Å²) < 4.78 is 0. The number of benzene rings is 2. The fourth-order valence-corrected chi connectivity index (χ4v) is 1.94. The maximum absolute atomic E-state index is 12.1. The summed E-state index contributed by atoms with van der Waals surface area (Å²) >= 11 is 0. The van der Waals surface area contributed by atoms with E-state index in [9.17, 15) is 19.8 Å². The summed E-state index contributed by atoms with van der Waals surface area (Å²) in [6, 6.07) is 11.6. The molecule has 0 aliphatic carbocycles. The van der Waals surface area contributed by atoms with Crippen LogP contribution in [0.2, 0.25) is 0 Å². The Kier molecular flexibility index (Phi) is 3.84. The maximum Gasteiger partial charge on any atom is 0.232 e. The summed E-state index contributed by atoms with van der Waals surface area (Å²) in [5.74, 6) is -2.38. The first kappa shape index (κ1) is 13.8. The quantitative estimate of drug-likeness (QED) is 0.508. The van der Waals surface area contributed by atoms with E-state index in [1.54, 1.807) is 31.2 Å². The highest BCUT2D eigenvalue weighted by atomic mass is 16.3. The van der Waals surface area contributed by atoms with Crippen LogP contribution in [0.25, 0.3) is 0 Å². The maximum atomic E-state index is 12.1. The number of phenols is 2. The molecule has 0 fully saturated rings. The third kappa shape index (κ3) is 2.85. The minimum absolute atomic E-state index is 0.0339. The van der Waals surface area contributed by atoms with E-state index < -0.39 is 23.1 Å². The molecule has 4 heteroatoms. The zero-order valence-corrected chi connectivity index (χ0v) is 11.0. The Morgan fingerprint density at radius 1 is 1.05 bits per heavy atom. The second-order valence-electron chi connectivity index (χ2n) is 4.59. The number of phenolic OH excluding ortho intramolecular Hbond substituents is 2. The molecule has 0 bridgehead atoms. The van der Waals surface area contributed by atoms with Gasteiger partial charge in [-0.3, -0.25) is 9.59 Å². The smallest absolute Gasteiger partial charge is 0.232 e. The van der Waals surface area contributed by atoms with Crippen LogP contribution in [0, 0.1) is 6.92 Å². The van der Waals surface area contributed by atoms with Crippen molar-refractivity contribution in [3.05, 3.63) is 59.2 Å². The Morgan fingerprint density at radius 3 is 2.35 bits per heavy atom. The van der Waals surface area contributed by atoms with Crippen molar-refractivity contribution in [2.24, 2.45) is 0 Å². The molecule has 2 N–H and O–H groups in total. The lowest BCUT2D eigenvalue weighted by Gasteiger charge is -2.06. The second kappa shape index (κ2) is 5.57. The molecule has 0 saturated carbocycles. The number of hydrogen-bond acceptors (Lipinski definition) is 4. The highest BCUT2D eigenvalue weighted by Crippen LogP contribution is 2.30. The van der Waals surface area contributed by atoms with Crippen molar-refractivity contribution < 1.29 is 19.8 Å². The van der Waals surface area contributed by atoms with Crippen LogP contribution in [0.1, 0.15) is 21.5 Å². The average molecular weight is 270 g/mol. The molecule has 0 saturated heterocycles. The van der Waals surface area contributed by atoms with Crippen molar-refractivity contribution in [2.45, 2.75) is 13.3 Å². The molecule has 20 heavy (non-hydrogen) atoms. The number of aromatic hydroxyl groups is 2. The third-order valence-electron chi connectivity index (χ3n) is 2.94. The van der Waals surface area contributed by atoms with Gasteiger partial charge >= 0.3 is 0 Å². The van der Waals surface area contributed by atoms with E-state index in [4.69, 9.17) is 0 Å². The van der Waals surface area contributed by atoms with E-state index in [2.05, 4.69) is 0 Å². The Morgan fingerprint density at radius 2 is 1.70 bits per heavy atom. The fourth-order valence-electron chi connectivity index (χ4n) is 1.94. The first-order valence-corrected chi connectivity index (χ1v) is 6.13. The van der Waals surface area contributed by atoms with Crippen LogP contribution in [0.3, 0.4) is 0 Å². The van der Waals surface area contributed by atoms with E-state index in [0.717, 1.165) is 5.56 Å². The summed E-state index contributed by atoms with van der Waals surface area (Å²) in [6.45, 7) is 1.66. The largest absolute Gasteiger partial charge is 0.504 e. The van der Waals surface area contributed by atoms with Gasteiger partial charge in [-0.15, -0.1) is 0 Å². The van der Waals surface area contributed by atoms with Crippen LogP contribution in [0.4, 0.5) is 0 Å². The van der Waals surface area contributed by atoms with Gasteiger partial charge in [0.05, 0.1) is 5.56 Å². The fraction of sp³-hybridized carbons (Fsp3) is 0.125. The Bertz CT molecular complexity index is 660. The van der Waals surface area contributed by atoms with Gasteiger partial charge in [-0.1, -0.05) is 30.3 Å². The minimum atomic E-state index is -0.801. The number of carbonyl (C=O) groups excluding carboxylic acids is 2. The Hall–Kier alpha value is -2.62. The monoisotopic (exact) mass is 270 g/mol. The van der Waals surface area contributed by atoms with E-state index in [1.807, 2.05) is 6.07 Å². The lowest BCUT2D eigenvalue weighted by atomic mass is 9.99. The molecular weight excluding hydrogens is 256 g/mol. The highest BCUT2D eigenvalue weighted by molar-refractivity contribution is 6.44. The number of aryl methyl sites for hydroxylation is 1. The normalized spacial score (nSPS) is 10.2. The SMILES string of the molecule is Cc1cc(O)c(O)c(C(=O)C(=O)Cc2ccccc2)c1. The molecule has 0 amide bonds. The first-order valence-electron chi connectivity index (χ1n) is 6.13. The molecule has 0 radical (unpaired) electrons. The van der Waals surface area contributed by atoms with Gasteiger partial charge in [-0.25, -0.2) is 0 Å². The number of Topliss-reactive ketones (excluding diaryl/α,β-unsaturated/α-hetero) is 2. The van der Waals surface area contributed by atoms with Crippen molar-refractivity contribution >= 4 is 11.6 Å². The summed E-state index contributed by atoms with van der Waals surface area (Å²) in [5, 5.41) is 19.2. The van der Waals surface area contributed by atoms with Crippen LogP contribution < -0.4 is 0 Å². The van der Waals surface area contributed by atoms with Gasteiger partial charge in [0.2, 0.25) is 11.6 Å². The number of hydrogen-bond donors (Lipinski definition) is 2. The Balaban J connectivity index is 2.26. The lowest BCUT2D eigenvalue weighted by Crippen LogP contribution is -2.17. The van der Waals surface area contributed by atoms with Gasteiger partial charge in [0.1, 0.15) is 0 Å². The van der Waals surface area contributed by atoms with Crippen LogP contribution in [-0.2, 0) is 11.2 Å². The lowest BCUT2D eigenvalue weighted by molar-refractivity contribution is -0.114. The second-order valence-corrected chi connectivity index (χ2v) is 4.59. The van der Waals surface area contributed by atoms with Crippen LogP contribution in [0.5, 0.6) is 11.5 Å². The molecule has 0 heterocycles. The van der Waals surface area contributed by atoms with E-state index in [1.165, 1.54) is 12.1 Å². The predicted molar refractivity (Wildman–Crippen MR) is 74.0 cm³/mol. The van der Waals surface area contributed by atoms with Crippen molar-refractivity contribution in [1.82, 2.24) is 0 Å². The van der Waals surface area contributed by atoms with Crippen molar-refractivity contribution in [3.63, 3.8) is 0 Å². The molecule has 102 valence electrons. The number of carbonyl (C=O) groups is 2. The number of ketones is 2. The van der Waals surface area contributed by atoms with Crippen molar-refractivity contribution in [1.29, 1.82) is 0 Å². The molecule has 0 spiro atoms. The van der Waals surface area contributed by atoms with Crippen LogP contribution >= 0.6 is 0 Å². The molecule has 0 aliphatic rings. The molecule has 4 nitrogen and oxygen atoms in total. The molecular formula is C16H14O4. The van der Waals surface area contributed by atoms with E-state index in [0.29, 0.717) is 5.56 Å². The van der Waals surface area contributed by atoms with Gasteiger partial charge in [0, 0.05) is 6.42 Å². The predicted octanol–water partition coefficient (Wildman–Crippen LogP) is 2.40. The first-order chi connectivity index (χ1) is 9.49. The summed E-state index contributed by atoms with van der Waals surface area (Å²) in [7, 11) is 0. The molecule has 2 aromatic carbocycles. The molecule has 0 unspecified atom stereocenters. The molecule has 0 aromatic heterocycles. The zero-order valence-electron chi connectivity index (χ0n) is 11.0. The van der Waals surface area contributed by atoms with E-state index in [-0.39, 0.29) is 12.0 Å².